The summed E-state index contributed by atoms with van der Waals surface area (Å²) < 4.78 is 12.3. The number of fused-ring (bicyclic) bond motifs is 4. The highest BCUT2D eigenvalue weighted by Gasteiger charge is 2.73. The van der Waals surface area contributed by atoms with Crippen LogP contribution in [0.2, 0.25) is 0 Å². The lowest BCUT2D eigenvalue weighted by Crippen LogP contribution is -2.70. The third-order valence-electron chi connectivity index (χ3n) is 8.32. The molecular formula is C22H30N2O2. The molecule has 4 unspecified atom stereocenters. The van der Waals surface area contributed by atoms with Gasteiger partial charge in [0.2, 0.25) is 0 Å². The van der Waals surface area contributed by atoms with Crippen molar-refractivity contribution in [1.29, 1.82) is 0 Å². The third kappa shape index (κ3) is 1.86. The fourth-order valence-electron chi connectivity index (χ4n) is 7.13. The minimum atomic E-state index is -0.0989. The van der Waals surface area contributed by atoms with Crippen LogP contribution in [-0.2, 0) is 11.2 Å². The van der Waals surface area contributed by atoms with E-state index in [4.69, 9.17) is 15.2 Å². The fraction of sp³-hybridized carbons (Fsp3) is 0.727. The molecule has 3 heterocycles. The van der Waals surface area contributed by atoms with Gasteiger partial charge in [0.1, 0.15) is 5.75 Å². The number of benzene rings is 1. The quantitative estimate of drug-likeness (QED) is 0.903. The number of hydrogen-bond acceptors (Lipinski definition) is 4. The molecule has 3 saturated heterocycles. The van der Waals surface area contributed by atoms with Gasteiger partial charge in [0.25, 0.3) is 0 Å². The van der Waals surface area contributed by atoms with E-state index < -0.39 is 0 Å². The van der Waals surface area contributed by atoms with Gasteiger partial charge in [-0.15, -0.1) is 0 Å². The lowest BCUT2D eigenvalue weighted by Gasteiger charge is -2.60. The topological polar surface area (TPSA) is 47.7 Å². The number of rotatable bonds is 4. The minimum absolute atomic E-state index is 0.0989. The molecule has 1 aromatic rings. The van der Waals surface area contributed by atoms with Crippen LogP contribution in [0, 0.1) is 11.8 Å². The van der Waals surface area contributed by atoms with Crippen molar-refractivity contribution >= 4 is 0 Å². The Labute approximate surface area is 156 Å². The van der Waals surface area contributed by atoms with Crippen LogP contribution >= 0.6 is 0 Å². The van der Waals surface area contributed by atoms with Crippen molar-refractivity contribution in [3.05, 3.63) is 29.3 Å². The Morgan fingerprint density at radius 1 is 1.27 bits per heavy atom. The number of hydrogen-bond donors (Lipinski definition) is 1. The van der Waals surface area contributed by atoms with Gasteiger partial charge in [-0.25, -0.2) is 0 Å². The van der Waals surface area contributed by atoms with Gasteiger partial charge < -0.3 is 15.2 Å². The molecule has 5 aliphatic rings. The molecule has 0 radical (unpaired) electrons. The van der Waals surface area contributed by atoms with Gasteiger partial charge in [-0.3, -0.25) is 4.90 Å². The summed E-state index contributed by atoms with van der Waals surface area (Å²) in [6, 6.07) is 6.76. The Bertz CT molecular complexity index is 748. The van der Waals surface area contributed by atoms with E-state index in [-0.39, 0.29) is 11.1 Å². The van der Waals surface area contributed by atoms with Gasteiger partial charge in [-0.1, -0.05) is 6.07 Å². The maximum atomic E-state index is 6.78. The molecule has 2 N–H and O–H groups in total. The molecule has 1 aromatic carbocycles. The molecule has 4 heteroatoms. The third-order valence-corrected chi connectivity index (χ3v) is 8.32. The van der Waals surface area contributed by atoms with Gasteiger partial charge in [-0.05, 0) is 80.2 Å². The van der Waals surface area contributed by atoms with Crippen molar-refractivity contribution in [3.8, 4) is 5.75 Å². The molecule has 2 aliphatic carbocycles. The standard InChI is InChI=1S/C22H30N2O2/c1-25-16-5-4-15-11-22-19-6-8-21(13-23,26-19)20(22)17(18(15)10-16)7-9-24(22)12-14-2-3-14/h4-5,10,14,17,19-20H,2-3,6-9,11-13,23H2,1H3/t17?,19?,20?,21-,22?/m0/s1. The first-order valence-corrected chi connectivity index (χ1v) is 10.5. The first-order chi connectivity index (χ1) is 12.7. The molecule has 4 fully saturated rings. The number of likely N-dealkylation sites (tertiary alicyclic amines) is 1. The van der Waals surface area contributed by atoms with Crippen LogP contribution in [0.3, 0.4) is 0 Å². The number of nitrogens with zero attached hydrogens (tertiary/aromatic N) is 1. The summed E-state index contributed by atoms with van der Waals surface area (Å²) >= 11 is 0. The Morgan fingerprint density at radius 2 is 2.15 bits per heavy atom. The van der Waals surface area contributed by atoms with Crippen molar-refractivity contribution in [1.82, 2.24) is 4.90 Å². The largest absolute Gasteiger partial charge is 0.497 e. The summed E-state index contributed by atoms with van der Waals surface area (Å²) in [5.74, 6) is 3.03. The van der Waals surface area contributed by atoms with Crippen molar-refractivity contribution in [2.75, 3.05) is 26.7 Å². The molecule has 26 heavy (non-hydrogen) atoms. The zero-order chi connectivity index (χ0) is 17.5. The average Bonchev–Trinajstić information content (AvgIpc) is 3.31. The lowest BCUT2D eigenvalue weighted by atomic mass is 9.52. The monoisotopic (exact) mass is 354 g/mol. The van der Waals surface area contributed by atoms with Crippen LogP contribution < -0.4 is 10.5 Å². The zero-order valence-electron chi connectivity index (χ0n) is 15.7. The highest BCUT2D eigenvalue weighted by molar-refractivity contribution is 5.46. The molecule has 0 amide bonds. The summed E-state index contributed by atoms with van der Waals surface area (Å²) in [5.41, 5.74) is 9.50. The zero-order valence-corrected chi connectivity index (χ0v) is 15.7. The predicted molar refractivity (Wildman–Crippen MR) is 100 cm³/mol. The summed E-state index contributed by atoms with van der Waals surface area (Å²) in [6.07, 6.45) is 7.90. The second-order valence-electron chi connectivity index (χ2n) is 9.41. The van der Waals surface area contributed by atoms with E-state index >= 15 is 0 Å². The summed E-state index contributed by atoms with van der Waals surface area (Å²) in [5, 5.41) is 0. The second kappa shape index (κ2) is 5.24. The molecule has 4 nitrogen and oxygen atoms in total. The Morgan fingerprint density at radius 3 is 2.92 bits per heavy atom. The fourth-order valence-corrected chi connectivity index (χ4v) is 7.13. The van der Waals surface area contributed by atoms with Gasteiger partial charge in [0, 0.05) is 19.0 Å². The number of ether oxygens (including phenoxy) is 2. The van der Waals surface area contributed by atoms with E-state index in [1.54, 1.807) is 7.11 Å². The van der Waals surface area contributed by atoms with Crippen LogP contribution in [0.25, 0.3) is 0 Å². The van der Waals surface area contributed by atoms with E-state index in [1.807, 2.05) is 0 Å². The normalized spacial score (nSPS) is 43.2. The van der Waals surface area contributed by atoms with Crippen molar-refractivity contribution in [2.24, 2.45) is 17.6 Å². The molecule has 4 bridgehead atoms. The first kappa shape index (κ1) is 15.9. The highest BCUT2D eigenvalue weighted by Crippen LogP contribution is 2.66. The Balaban J connectivity index is 1.51. The van der Waals surface area contributed by atoms with E-state index in [0.29, 0.717) is 24.5 Å². The summed E-state index contributed by atoms with van der Waals surface area (Å²) in [6.45, 7) is 3.16. The maximum absolute atomic E-state index is 6.78. The number of methoxy groups -OCH3 is 1. The SMILES string of the molecule is COc1ccc2c(c1)C1CCN(CC3CC3)C3(C2)C2CC[C@@](CN)(O2)C13. The second-order valence-corrected chi connectivity index (χ2v) is 9.41. The minimum Gasteiger partial charge on any atom is -0.497 e. The Hall–Kier alpha value is -1.10. The predicted octanol–water partition coefficient (Wildman–Crippen LogP) is 2.70. The molecule has 1 saturated carbocycles. The van der Waals surface area contributed by atoms with Crippen molar-refractivity contribution in [2.45, 2.75) is 61.7 Å². The van der Waals surface area contributed by atoms with Crippen LogP contribution in [0.1, 0.15) is 49.1 Å². The molecule has 0 aromatic heterocycles. The molecule has 6 rings (SSSR count). The summed E-state index contributed by atoms with van der Waals surface area (Å²) in [7, 11) is 1.77. The van der Waals surface area contributed by atoms with E-state index in [2.05, 4.69) is 23.1 Å². The van der Waals surface area contributed by atoms with Gasteiger partial charge in [0.15, 0.2) is 0 Å². The van der Waals surface area contributed by atoms with E-state index in [1.165, 1.54) is 49.9 Å². The smallest absolute Gasteiger partial charge is 0.119 e. The van der Waals surface area contributed by atoms with Crippen molar-refractivity contribution < 1.29 is 9.47 Å². The molecule has 140 valence electrons. The van der Waals surface area contributed by atoms with Crippen molar-refractivity contribution in [3.63, 3.8) is 0 Å². The highest BCUT2D eigenvalue weighted by atomic mass is 16.5. The van der Waals surface area contributed by atoms with Gasteiger partial charge in [-0.2, -0.15) is 0 Å². The first-order valence-electron chi connectivity index (χ1n) is 10.5. The maximum Gasteiger partial charge on any atom is 0.119 e. The van der Waals surface area contributed by atoms with Crippen LogP contribution in [-0.4, -0.2) is 48.9 Å². The summed E-state index contributed by atoms with van der Waals surface area (Å²) in [4.78, 5) is 2.86. The number of piperidine rings is 1. The van der Waals surface area contributed by atoms with Crippen LogP contribution in [0.4, 0.5) is 0 Å². The van der Waals surface area contributed by atoms with Gasteiger partial charge >= 0.3 is 0 Å². The van der Waals surface area contributed by atoms with E-state index in [0.717, 1.165) is 24.5 Å². The van der Waals surface area contributed by atoms with Crippen LogP contribution in [0.5, 0.6) is 5.75 Å². The number of nitrogens with two attached hydrogens (primary N) is 1. The van der Waals surface area contributed by atoms with E-state index in [9.17, 15) is 0 Å². The molecule has 3 aliphatic heterocycles. The van der Waals surface area contributed by atoms with Crippen LogP contribution in [0.15, 0.2) is 18.2 Å². The lowest BCUT2D eigenvalue weighted by molar-refractivity contribution is -0.0535. The average molecular weight is 354 g/mol. The molecule has 5 atom stereocenters. The van der Waals surface area contributed by atoms with Gasteiger partial charge in [0.05, 0.1) is 24.4 Å². The molecular weight excluding hydrogens is 324 g/mol. The molecule has 0 spiro atoms. The Kier molecular flexibility index (Phi) is 3.21.